The van der Waals surface area contributed by atoms with E-state index in [1.807, 2.05) is 30.6 Å². The van der Waals surface area contributed by atoms with E-state index >= 15 is 0 Å². The van der Waals surface area contributed by atoms with Crippen molar-refractivity contribution in [1.29, 1.82) is 0 Å². The van der Waals surface area contributed by atoms with Crippen LogP contribution in [0.25, 0.3) is 27.8 Å². The zero-order valence-corrected chi connectivity index (χ0v) is 18.5. The third kappa shape index (κ3) is 3.17. The third-order valence-electron chi connectivity index (χ3n) is 6.61. The fourth-order valence-corrected chi connectivity index (χ4v) is 4.91. The van der Waals surface area contributed by atoms with Gasteiger partial charge in [-0.05, 0) is 59.9 Å². The van der Waals surface area contributed by atoms with Gasteiger partial charge in [-0.2, -0.15) is 0 Å². The van der Waals surface area contributed by atoms with E-state index in [0.717, 1.165) is 40.6 Å². The van der Waals surface area contributed by atoms with Gasteiger partial charge in [0.05, 0.1) is 17.4 Å². The van der Waals surface area contributed by atoms with Gasteiger partial charge in [0.2, 0.25) is 11.7 Å². The first-order chi connectivity index (χ1) is 16.1. The average molecular weight is 454 g/mol. The maximum Gasteiger partial charge on any atom is 0.249 e. The van der Waals surface area contributed by atoms with Gasteiger partial charge in [0, 0.05) is 46.4 Å². The minimum absolute atomic E-state index is 0.0825. The molecule has 2 aromatic carbocycles. The number of benzene rings is 2. The van der Waals surface area contributed by atoms with Crippen LogP contribution in [-0.4, -0.2) is 25.3 Å². The van der Waals surface area contributed by atoms with Crippen LogP contribution in [0.1, 0.15) is 40.0 Å². The summed E-state index contributed by atoms with van der Waals surface area (Å²) in [5.74, 6) is 0.385. The van der Waals surface area contributed by atoms with E-state index in [0.29, 0.717) is 16.9 Å². The van der Waals surface area contributed by atoms with Gasteiger partial charge >= 0.3 is 0 Å². The van der Waals surface area contributed by atoms with E-state index in [-0.39, 0.29) is 11.3 Å². The van der Waals surface area contributed by atoms with E-state index in [4.69, 9.17) is 17.3 Å². The van der Waals surface area contributed by atoms with Gasteiger partial charge < -0.3 is 5.73 Å². The van der Waals surface area contributed by atoms with Crippen molar-refractivity contribution in [2.24, 2.45) is 5.73 Å². The Morgan fingerprint density at radius 1 is 1.03 bits per heavy atom. The Balaban J connectivity index is 1.46. The molecule has 6 nitrogen and oxygen atoms in total. The van der Waals surface area contributed by atoms with Gasteiger partial charge in [-0.25, -0.2) is 9.97 Å². The van der Waals surface area contributed by atoms with Crippen molar-refractivity contribution in [2.45, 2.75) is 24.1 Å². The number of hydrogen-bond acceptors (Lipinski definition) is 4. The van der Waals surface area contributed by atoms with Crippen molar-refractivity contribution >= 4 is 34.2 Å². The predicted molar refractivity (Wildman–Crippen MR) is 128 cm³/mol. The lowest BCUT2D eigenvalue weighted by Crippen LogP contribution is -2.13. The van der Waals surface area contributed by atoms with Crippen molar-refractivity contribution in [3.05, 3.63) is 95.7 Å². The molecule has 1 fully saturated rings. The minimum atomic E-state index is -0.482. The first-order valence-electron chi connectivity index (χ1n) is 10.8. The minimum Gasteiger partial charge on any atom is -0.366 e. The number of hydrogen-bond donors (Lipinski definition) is 1. The maximum atomic E-state index is 11.7. The lowest BCUT2D eigenvalue weighted by molar-refractivity contribution is 0.0999. The molecule has 0 bridgehead atoms. The lowest BCUT2D eigenvalue weighted by Gasteiger charge is -2.17. The number of halogens is 1. The molecule has 6 rings (SSSR count). The molecule has 7 heteroatoms. The summed E-state index contributed by atoms with van der Waals surface area (Å²) in [5.41, 5.74) is 11.8. The maximum absolute atomic E-state index is 11.7. The summed E-state index contributed by atoms with van der Waals surface area (Å²) in [6.45, 7) is 0. The first kappa shape index (κ1) is 19.9. The highest BCUT2D eigenvalue weighted by Crippen LogP contribution is 2.53. The third-order valence-corrected chi connectivity index (χ3v) is 6.90. The highest BCUT2D eigenvalue weighted by atomic mass is 35.5. The Morgan fingerprint density at radius 3 is 2.67 bits per heavy atom. The zero-order valence-electron chi connectivity index (χ0n) is 17.7. The number of nitrogens with two attached hydrogens (primary N) is 1. The number of primary amides is 1. The Labute approximate surface area is 195 Å². The second-order valence-corrected chi connectivity index (χ2v) is 8.79. The van der Waals surface area contributed by atoms with Crippen molar-refractivity contribution in [2.75, 3.05) is 0 Å². The molecular weight excluding hydrogens is 434 g/mol. The summed E-state index contributed by atoms with van der Waals surface area (Å²) < 4.78 is 2.08. The fraction of sp³-hybridized carbons (Fsp3) is 0.154. The summed E-state index contributed by atoms with van der Waals surface area (Å²) in [7, 11) is 0. The number of pyridine rings is 1. The summed E-state index contributed by atoms with van der Waals surface area (Å²) in [6.07, 6.45) is 9.72. The van der Waals surface area contributed by atoms with Crippen LogP contribution in [0.5, 0.6) is 0 Å². The van der Waals surface area contributed by atoms with Gasteiger partial charge in [0.1, 0.15) is 0 Å². The van der Waals surface area contributed by atoms with Crippen LogP contribution in [0.3, 0.4) is 0 Å². The van der Waals surface area contributed by atoms with Crippen LogP contribution in [0.15, 0.2) is 73.3 Å². The van der Waals surface area contributed by atoms with Crippen LogP contribution in [-0.2, 0) is 11.3 Å². The number of carbonyl (C=O) groups excluding carboxylic acids is 1. The number of aromatic nitrogens is 4. The second-order valence-electron chi connectivity index (χ2n) is 8.52. The number of amides is 1. The Morgan fingerprint density at radius 2 is 1.88 bits per heavy atom. The van der Waals surface area contributed by atoms with E-state index in [9.17, 15) is 4.79 Å². The second kappa shape index (κ2) is 7.39. The van der Waals surface area contributed by atoms with Crippen molar-refractivity contribution in [3.8, 4) is 11.1 Å². The summed E-state index contributed by atoms with van der Waals surface area (Å²) in [6, 6.07) is 16.1. The summed E-state index contributed by atoms with van der Waals surface area (Å²) in [5, 5.41) is 1.14. The fourth-order valence-electron chi connectivity index (χ4n) is 4.69. The number of alkyl halides is 1. The Hall–Kier alpha value is -3.77. The molecule has 2 N–H and O–H groups in total. The average Bonchev–Trinajstić information content (AvgIpc) is 3.55. The molecule has 33 heavy (non-hydrogen) atoms. The quantitative estimate of drug-likeness (QED) is 0.385. The molecule has 0 unspecified atom stereocenters. The van der Waals surface area contributed by atoms with Gasteiger partial charge in [0.15, 0.2) is 0 Å². The topological polar surface area (TPSA) is 86.2 Å². The van der Waals surface area contributed by atoms with E-state index in [1.165, 1.54) is 5.56 Å². The largest absolute Gasteiger partial charge is 0.366 e. The Kier molecular flexibility index (Phi) is 4.45. The molecule has 0 atom stereocenters. The molecule has 3 aromatic heterocycles. The SMILES string of the molecule is NC(=O)c1ccc(-c2cnc3ncc(C4(c5ccc6ncccc6c5)CC4)n3c2)cc1CCl. The van der Waals surface area contributed by atoms with Crippen molar-refractivity contribution < 1.29 is 4.79 Å². The van der Waals surface area contributed by atoms with E-state index < -0.39 is 5.91 Å². The summed E-state index contributed by atoms with van der Waals surface area (Å²) in [4.78, 5) is 25.3. The van der Waals surface area contributed by atoms with Crippen LogP contribution in [0.2, 0.25) is 0 Å². The highest BCUT2D eigenvalue weighted by molar-refractivity contribution is 6.17. The standard InChI is InChI=1S/C26H20ClN5O/c27-12-18-10-16(3-5-21(18)24(28)33)19-13-30-25-31-14-23(32(25)15-19)26(7-8-26)20-4-6-22-17(11-20)2-1-9-29-22/h1-6,9-11,13-15H,7-8,12H2,(H2,28,33). The predicted octanol–water partition coefficient (Wildman–Crippen LogP) is 4.86. The number of imidazole rings is 1. The molecule has 1 saturated carbocycles. The zero-order chi connectivity index (χ0) is 22.6. The normalized spacial score (nSPS) is 14.6. The number of fused-ring (bicyclic) bond motifs is 2. The van der Waals surface area contributed by atoms with E-state index in [1.54, 1.807) is 12.3 Å². The number of rotatable bonds is 5. The molecule has 1 aliphatic carbocycles. The van der Waals surface area contributed by atoms with Gasteiger partial charge in [0.25, 0.3) is 0 Å². The number of carbonyl (C=O) groups is 1. The smallest absolute Gasteiger partial charge is 0.249 e. The molecule has 1 aliphatic rings. The lowest BCUT2D eigenvalue weighted by atomic mass is 9.91. The molecule has 0 spiro atoms. The number of nitrogens with zero attached hydrogens (tertiary/aromatic N) is 4. The van der Waals surface area contributed by atoms with E-state index in [2.05, 4.69) is 49.8 Å². The molecule has 5 aromatic rings. The van der Waals surface area contributed by atoms with Crippen LogP contribution in [0.4, 0.5) is 0 Å². The molecule has 3 heterocycles. The van der Waals surface area contributed by atoms with Gasteiger partial charge in [-0.15, -0.1) is 11.6 Å². The first-order valence-corrected chi connectivity index (χ1v) is 11.3. The van der Waals surface area contributed by atoms with Gasteiger partial charge in [-0.3, -0.25) is 14.2 Å². The van der Waals surface area contributed by atoms with Crippen molar-refractivity contribution in [3.63, 3.8) is 0 Å². The van der Waals surface area contributed by atoms with Crippen LogP contribution in [0, 0.1) is 0 Å². The van der Waals surface area contributed by atoms with Crippen LogP contribution >= 0.6 is 11.6 Å². The molecule has 0 aliphatic heterocycles. The van der Waals surface area contributed by atoms with Crippen molar-refractivity contribution in [1.82, 2.24) is 19.4 Å². The molecular formula is C26H20ClN5O. The monoisotopic (exact) mass is 453 g/mol. The molecule has 0 saturated heterocycles. The molecule has 162 valence electrons. The Bertz CT molecular complexity index is 1550. The highest BCUT2D eigenvalue weighted by Gasteiger charge is 2.48. The summed E-state index contributed by atoms with van der Waals surface area (Å²) >= 11 is 6.07. The van der Waals surface area contributed by atoms with Crippen LogP contribution < -0.4 is 5.73 Å². The molecule has 0 radical (unpaired) electrons. The molecule has 1 amide bonds. The van der Waals surface area contributed by atoms with Gasteiger partial charge in [-0.1, -0.05) is 18.2 Å².